The van der Waals surface area contributed by atoms with Crippen LogP contribution in [-0.4, -0.2) is 66.5 Å². The molecule has 0 bridgehead atoms. The molecule has 434 valence electrons. The average Bonchev–Trinajstić information content (AvgIpc) is 3.41. The lowest BCUT2D eigenvalue weighted by Crippen LogP contribution is -2.30. The smallest absolute Gasteiger partial charge is 0.462 e. The molecule has 3 atom stereocenters. The van der Waals surface area contributed by atoms with Crippen molar-refractivity contribution >= 4 is 25.7 Å². The van der Waals surface area contributed by atoms with Crippen LogP contribution in [-0.2, 0) is 42.2 Å². The van der Waals surface area contributed by atoms with Gasteiger partial charge in [-0.1, -0.05) is 233 Å². The van der Waals surface area contributed by atoms with Gasteiger partial charge in [0.1, 0.15) is 12.7 Å². The summed E-state index contributed by atoms with van der Waals surface area (Å²) in [5.74, 6) is -1.54. The number of carbonyl (C=O) groups is 3. The highest BCUT2D eigenvalue weighted by Crippen LogP contribution is 2.43. The highest BCUT2D eigenvalue weighted by atomic mass is 31.2. The van der Waals surface area contributed by atoms with E-state index >= 15 is 0 Å². The predicted molar refractivity (Wildman–Crippen MR) is 316 cm³/mol. The number of phosphoric ester groups is 1. The van der Waals surface area contributed by atoms with Crippen molar-refractivity contribution in [2.75, 3.05) is 26.4 Å². The first-order chi connectivity index (χ1) is 37.2. The number of allylic oxidation sites excluding steroid dienone is 18. The van der Waals surface area contributed by atoms with Gasteiger partial charge in [-0.05, 0) is 96.3 Å². The van der Waals surface area contributed by atoms with Crippen LogP contribution >= 0.6 is 7.82 Å². The Morgan fingerprint density at radius 3 is 1.11 bits per heavy atom. The van der Waals surface area contributed by atoms with Crippen molar-refractivity contribution in [3.8, 4) is 0 Å². The number of hydrogen-bond acceptors (Lipinski definition) is 10. The van der Waals surface area contributed by atoms with Gasteiger partial charge in [-0.15, -0.1) is 0 Å². The van der Waals surface area contributed by atoms with Crippen LogP contribution < -0.4 is 0 Å². The molecule has 11 nitrogen and oxygen atoms in total. The van der Waals surface area contributed by atoms with E-state index in [0.717, 1.165) is 116 Å². The minimum atomic E-state index is -4.77. The largest absolute Gasteiger partial charge is 0.472 e. The van der Waals surface area contributed by atoms with E-state index in [0.29, 0.717) is 25.7 Å². The zero-order valence-electron chi connectivity index (χ0n) is 47.9. The molecule has 0 aromatic rings. The van der Waals surface area contributed by atoms with E-state index in [1.165, 1.54) is 57.8 Å². The van der Waals surface area contributed by atoms with E-state index in [2.05, 4.69) is 118 Å². The Labute approximate surface area is 463 Å². The zero-order chi connectivity index (χ0) is 55.5. The summed E-state index contributed by atoms with van der Waals surface area (Å²) in [6.45, 7) is 4.34. The highest BCUT2D eigenvalue weighted by Gasteiger charge is 2.28. The van der Waals surface area contributed by atoms with E-state index in [-0.39, 0.29) is 25.9 Å². The molecule has 0 aromatic carbocycles. The third-order valence-corrected chi connectivity index (χ3v) is 13.1. The summed E-state index contributed by atoms with van der Waals surface area (Å²) >= 11 is 0. The van der Waals surface area contributed by atoms with Gasteiger partial charge in [0.2, 0.25) is 0 Å². The van der Waals surface area contributed by atoms with Crippen LogP contribution in [0.3, 0.4) is 0 Å². The molecule has 0 aliphatic heterocycles. The maximum absolute atomic E-state index is 12.9. The van der Waals surface area contributed by atoms with Crippen molar-refractivity contribution in [1.29, 1.82) is 0 Å². The number of hydrogen-bond donors (Lipinski definition) is 2. The van der Waals surface area contributed by atoms with Gasteiger partial charge in [-0.2, -0.15) is 0 Å². The molecule has 0 aromatic heterocycles. The normalized spacial score (nSPS) is 14.1. The number of esters is 3. The standard InChI is InChI=1S/C64H107O11P/c1-4-7-10-13-16-19-22-25-27-29-30-32-34-37-40-43-46-49-52-55-64(68)75-61(57-71-62(66)53-50-47-44-41-38-35-24-21-18-15-12-9-6-3)59-73-76(69,70)72-58-60(56-65)74-63(67)54-51-48-45-42-39-36-33-31-28-26-23-20-17-14-11-8-5-2/h7-8,10-11,16-17,19-20,25-28,30,32-33,36,42,45,60-61,65H,4-6,9,12-15,18,21-24,29,31,34-35,37-41,43-44,46-59H2,1-3H3,(H,69,70)/b10-7-,11-8-,19-16-,20-17-,27-25-,28-26-,32-30-,36-33-,45-42-. The topological polar surface area (TPSA) is 155 Å². The maximum atomic E-state index is 12.9. The van der Waals surface area contributed by atoms with E-state index in [9.17, 15) is 28.9 Å². The van der Waals surface area contributed by atoms with Crippen molar-refractivity contribution in [2.45, 2.75) is 251 Å². The third-order valence-electron chi connectivity index (χ3n) is 12.2. The molecule has 0 rings (SSSR count). The second-order valence-corrected chi connectivity index (χ2v) is 20.9. The number of aliphatic hydroxyl groups excluding tert-OH is 1. The minimum Gasteiger partial charge on any atom is -0.462 e. The molecular formula is C64H107O11P. The van der Waals surface area contributed by atoms with Crippen molar-refractivity contribution < 1.29 is 52.2 Å². The molecule has 0 heterocycles. The third kappa shape index (κ3) is 54.9. The van der Waals surface area contributed by atoms with Crippen LogP contribution in [0.5, 0.6) is 0 Å². The van der Waals surface area contributed by atoms with Gasteiger partial charge in [0, 0.05) is 19.3 Å². The predicted octanol–water partition coefficient (Wildman–Crippen LogP) is 17.8. The second kappa shape index (κ2) is 57.3. The van der Waals surface area contributed by atoms with Gasteiger partial charge in [0.15, 0.2) is 6.10 Å². The monoisotopic (exact) mass is 1080 g/mol. The maximum Gasteiger partial charge on any atom is 0.472 e. The summed E-state index contributed by atoms with van der Waals surface area (Å²) in [5, 5.41) is 9.82. The Morgan fingerprint density at radius 2 is 0.697 bits per heavy atom. The second-order valence-electron chi connectivity index (χ2n) is 19.4. The van der Waals surface area contributed by atoms with Crippen molar-refractivity contribution in [1.82, 2.24) is 0 Å². The molecule has 2 N–H and O–H groups in total. The van der Waals surface area contributed by atoms with Gasteiger partial charge in [-0.3, -0.25) is 23.4 Å². The molecule has 0 amide bonds. The van der Waals surface area contributed by atoms with Gasteiger partial charge < -0.3 is 24.2 Å². The summed E-state index contributed by atoms with van der Waals surface area (Å²) in [6, 6.07) is 0. The van der Waals surface area contributed by atoms with Crippen LogP contribution in [0.4, 0.5) is 0 Å². The molecule has 0 saturated carbocycles. The first-order valence-electron chi connectivity index (χ1n) is 29.8. The van der Waals surface area contributed by atoms with E-state index < -0.39 is 57.8 Å². The van der Waals surface area contributed by atoms with Gasteiger partial charge >= 0.3 is 25.7 Å². The van der Waals surface area contributed by atoms with Gasteiger partial charge in [-0.25, -0.2) is 4.57 Å². The summed E-state index contributed by atoms with van der Waals surface area (Å²) in [6.07, 6.45) is 69.0. The number of phosphoric acid groups is 1. The molecule has 0 fully saturated rings. The first kappa shape index (κ1) is 72.1. The molecule has 0 saturated heterocycles. The van der Waals surface area contributed by atoms with Gasteiger partial charge in [0.25, 0.3) is 0 Å². The van der Waals surface area contributed by atoms with Crippen LogP contribution in [0.1, 0.15) is 239 Å². The number of rotatable bonds is 54. The lowest BCUT2D eigenvalue weighted by atomic mass is 10.0. The fourth-order valence-corrected chi connectivity index (χ4v) is 8.52. The summed E-state index contributed by atoms with van der Waals surface area (Å²) < 4.78 is 39.5. The molecule has 76 heavy (non-hydrogen) atoms. The lowest BCUT2D eigenvalue weighted by molar-refractivity contribution is -0.161. The SMILES string of the molecule is CC/C=C\C/C=C\C/C=C\C/C=C\C/C=C\CCCC(=O)OC(CO)COP(=O)(O)OCC(COC(=O)CCCCCCCCCCCCCCC)OC(=O)CCCCCCCC/C=C\C/C=C\C/C=C\C/C=C\CC. The molecule has 0 spiro atoms. The summed E-state index contributed by atoms with van der Waals surface area (Å²) in [7, 11) is -4.77. The molecule has 0 radical (unpaired) electrons. The van der Waals surface area contributed by atoms with E-state index in [1.807, 2.05) is 12.2 Å². The van der Waals surface area contributed by atoms with Crippen molar-refractivity contribution in [2.24, 2.45) is 0 Å². The Balaban J connectivity index is 4.79. The van der Waals surface area contributed by atoms with Crippen LogP contribution in [0.15, 0.2) is 109 Å². The molecule has 12 heteroatoms. The van der Waals surface area contributed by atoms with Crippen molar-refractivity contribution in [3.63, 3.8) is 0 Å². The Kier molecular flexibility index (Phi) is 54.4. The Bertz CT molecular complexity index is 1690. The molecule has 3 unspecified atom stereocenters. The van der Waals surface area contributed by atoms with E-state index in [1.54, 1.807) is 0 Å². The Hall–Kier alpha value is -3.86. The van der Waals surface area contributed by atoms with Crippen LogP contribution in [0.25, 0.3) is 0 Å². The first-order valence-corrected chi connectivity index (χ1v) is 31.3. The van der Waals surface area contributed by atoms with Crippen LogP contribution in [0, 0.1) is 0 Å². The minimum absolute atomic E-state index is 0.0937. The molecular weight excluding hydrogens is 976 g/mol. The molecule has 0 aliphatic rings. The number of ether oxygens (including phenoxy) is 3. The summed E-state index contributed by atoms with van der Waals surface area (Å²) in [5.41, 5.74) is 0. The fraction of sp³-hybridized carbons (Fsp3) is 0.672. The quantitative estimate of drug-likeness (QED) is 0.0197. The number of unbranched alkanes of at least 4 members (excludes halogenated alkanes) is 19. The van der Waals surface area contributed by atoms with E-state index in [4.69, 9.17) is 23.3 Å². The average molecular weight is 1080 g/mol. The van der Waals surface area contributed by atoms with Crippen molar-refractivity contribution in [3.05, 3.63) is 109 Å². The summed E-state index contributed by atoms with van der Waals surface area (Å²) in [4.78, 5) is 48.6. The van der Waals surface area contributed by atoms with Gasteiger partial charge in [0.05, 0.1) is 19.8 Å². The van der Waals surface area contributed by atoms with Crippen LogP contribution in [0.2, 0.25) is 0 Å². The number of aliphatic hydroxyl groups is 1. The lowest BCUT2D eigenvalue weighted by Gasteiger charge is -2.21. The highest BCUT2D eigenvalue weighted by molar-refractivity contribution is 7.47. The molecule has 0 aliphatic carbocycles. The fourth-order valence-electron chi connectivity index (χ4n) is 7.74. The zero-order valence-corrected chi connectivity index (χ0v) is 48.8. The Morgan fingerprint density at radius 1 is 0.382 bits per heavy atom. The number of carbonyl (C=O) groups excluding carboxylic acids is 3.